The summed E-state index contributed by atoms with van der Waals surface area (Å²) in [5.74, 6) is -2.02. The van der Waals surface area contributed by atoms with Crippen molar-refractivity contribution in [3.05, 3.63) is 77.9 Å². The van der Waals surface area contributed by atoms with Crippen molar-refractivity contribution in [3.63, 3.8) is 0 Å². The van der Waals surface area contributed by atoms with E-state index in [2.05, 4.69) is 30.3 Å². The highest BCUT2D eigenvalue weighted by Crippen LogP contribution is 2.33. The third-order valence-electron chi connectivity index (χ3n) is 8.64. The summed E-state index contributed by atoms with van der Waals surface area (Å²) in [6.07, 6.45) is -4.90. The van der Waals surface area contributed by atoms with Gasteiger partial charge in [0.1, 0.15) is 12.2 Å². The standard InChI is InChI=1S/C36H36N6O11/c1-5-47-33-37-25-12-8-11-24(28(25)42(33)17-20-13-15-21(16-14-20)22-9-6-7-10-23(22)31-38-40-41-39-31)32(43)52-36(2,3)53-35(45)51-27-19-49-29-26(18-48-30(27)29)50-34(44)46-4/h6-16,26-27,29-30H,5,17-19H2,1-4H3,(H,38,39,40,41)/t26-,27-,29+,30+/m0/s1. The molecule has 4 atom stereocenters. The van der Waals surface area contributed by atoms with Gasteiger partial charge in [-0.15, -0.1) is 10.2 Å². The van der Waals surface area contributed by atoms with Crippen LogP contribution in [0, 0.1) is 0 Å². The Kier molecular flexibility index (Phi) is 9.92. The third kappa shape index (κ3) is 7.47. The lowest BCUT2D eigenvalue weighted by Gasteiger charge is -2.26. The van der Waals surface area contributed by atoms with E-state index in [-0.39, 0.29) is 18.8 Å². The number of benzene rings is 3. The number of ether oxygens (including phenoxy) is 8. The molecule has 0 radical (unpaired) electrons. The van der Waals surface area contributed by atoms with E-state index in [4.69, 9.17) is 33.2 Å². The summed E-state index contributed by atoms with van der Waals surface area (Å²) in [7, 11) is 1.19. The lowest BCUT2D eigenvalue weighted by Crippen LogP contribution is -2.39. The van der Waals surface area contributed by atoms with E-state index >= 15 is 0 Å². The van der Waals surface area contributed by atoms with Gasteiger partial charge in [0, 0.05) is 19.4 Å². The van der Waals surface area contributed by atoms with Gasteiger partial charge < -0.3 is 37.9 Å². The highest BCUT2D eigenvalue weighted by molar-refractivity contribution is 6.02. The largest absolute Gasteiger partial charge is 0.512 e. The third-order valence-corrected chi connectivity index (χ3v) is 8.64. The van der Waals surface area contributed by atoms with E-state index in [1.165, 1.54) is 21.0 Å². The van der Waals surface area contributed by atoms with E-state index in [1.807, 2.05) is 55.5 Å². The van der Waals surface area contributed by atoms with Crippen LogP contribution in [-0.2, 0) is 39.7 Å². The topological polar surface area (TPSA) is 197 Å². The van der Waals surface area contributed by atoms with Gasteiger partial charge in [0.25, 0.3) is 11.8 Å². The number of rotatable bonds is 11. The molecule has 1 N–H and O–H groups in total. The molecule has 2 saturated heterocycles. The Morgan fingerprint density at radius 2 is 1.58 bits per heavy atom. The molecule has 17 nitrogen and oxygen atoms in total. The first-order chi connectivity index (χ1) is 25.6. The number of esters is 1. The van der Waals surface area contributed by atoms with Gasteiger partial charge in [-0.3, -0.25) is 4.57 Å². The molecular formula is C36H36N6O11. The van der Waals surface area contributed by atoms with Crippen LogP contribution in [0.1, 0.15) is 36.7 Å². The molecule has 4 heterocycles. The fourth-order valence-corrected chi connectivity index (χ4v) is 6.34. The average molecular weight is 729 g/mol. The molecule has 2 aliphatic rings. The molecule has 5 aromatic rings. The van der Waals surface area contributed by atoms with Crippen LogP contribution < -0.4 is 4.74 Å². The molecule has 7 rings (SSSR count). The lowest BCUT2D eigenvalue weighted by molar-refractivity contribution is -0.162. The number of hydrogen-bond donors (Lipinski definition) is 1. The van der Waals surface area contributed by atoms with Crippen molar-refractivity contribution in [3.8, 4) is 28.5 Å². The van der Waals surface area contributed by atoms with Gasteiger partial charge in [0.15, 0.2) is 12.2 Å². The number of nitrogens with one attached hydrogen (secondary N) is 1. The van der Waals surface area contributed by atoms with E-state index in [0.29, 0.717) is 36.0 Å². The number of tetrazole rings is 1. The van der Waals surface area contributed by atoms with Crippen molar-refractivity contribution in [2.45, 2.75) is 57.5 Å². The number of H-pyrrole nitrogens is 1. The lowest BCUT2D eigenvalue weighted by atomic mass is 9.98. The number of aromatic nitrogens is 6. The molecule has 0 saturated carbocycles. The molecule has 17 heteroatoms. The van der Waals surface area contributed by atoms with Crippen LogP contribution in [0.25, 0.3) is 33.5 Å². The Labute approximate surface area is 302 Å². The SMILES string of the molecule is CCOc1nc2cccc(C(=O)OC(C)(C)OC(=O)O[C@H]3CO[C@H]4[C@@H]3OC[C@@H]4OC(=O)OC)c2n1Cc1ccc(-c2ccccc2-c2nn[nH]n2)cc1. The van der Waals surface area contributed by atoms with Crippen molar-refractivity contribution in [1.82, 2.24) is 30.2 Å². The summed E-state index contributed by atoms with van der Waals surface area (Å²) >= 11 is 0. The fraction of sp³-hybridized carbons (Fsp3) is 0.361. The first kappa shape index (κ1) is 35.3. The predicted molar refractivity (Wildman–Crippen MR) is 183 cm³/mol. The zero-order valence-corrected chi connectivity index (χ0v) is 29.2. The molecule has 2 aliphatic heterocycles. The van der Waals surface area contributed by atoms with Crippen molar-refractivity contribution in [2.75, 3.05) is 26.9 Å². The molecule has 2 fully saturated rings. The van der Waals surface area contributed by atoms with E-state index in [0.717, 1.165) is 22.3 Å². The number of para-hydroxylation sites is 1. The molecule has 3 aromatic carbocycles. The van der Waals surface area contributed by atoms with Crippen molar-refractivity contribution >= 4 is 29.3 Å². The number of aromatic amines is 1. The molecule has 0 amide bonds. The Morgan fingerprint density at radius 1 is 0.887 bits per heavy atom. The Bertz CT molecular complexity index is 2100. The molecule has 0 unspecified atom stereocenters. The maximum Gasteiger partial charge on any atom is 0.512 e. The molecule has 53 heavy (non-hydrogen) atoms. The number of carbonyl (C=O) groups excluding carboxylic acids is 3. The van der Waals surface area contributed by atoms with Crippen LogP contribution in [0.15, 0.2) is 66.7 Å². The molecule has 276 valence electrons. The number of nitrogens with zero attached hydrogens (tertiary/aromatic N) is 5. The quantitative estimate of drug-likeness (QED) is 0.112. The van der Waals surface area contributed by atoms with Crippen molar-refractivity contribution < 1.29 is 52.3 Å². The normalized spacial score (nSPS) is 19.4. The Morgan fingerprint density at radius 3 is 2.25 bits per heavy atom. The van der Waals surface area contributed by atoms with Crippen molar-refractivity contribution in [2.24, 2.45) is 0 Å². The number of hydrogen-bond acceptors (Lipinski definition) is 15. The Balaban J connectivity index is 1.06. The zero-order chi connectivity index (χ0) is 37.1. The van der Waals surface area contributed by atoms with E-state index in [1.54, 1.807) is 22.8 Å². The van der Waals surface area contributed by atoms with Crippen LogP contribution in [0.3, 0.4) is 0 Å². The summed E-state index contributed by atoms with van der Waals surface area (Å²) in [6.45, 7) is 5.35. The molecule has 0 bridgehead atoms. The maximum atomic E-state index is 13.8. The van der Waals surface area contributed by atoms with Gasteiger partial charge in [0.2, 0.25) is 5.82 Å². The molecular weight excluding hydrogens is 692 g/mol. The highest BCUT2D eigenvalue weighted by atomic mass is 16.8. The minimum atomic E-state index is -1.75. The monoisotopic (exact) mass is 728 g/mol. The second kappa shape index (κ2) is 14.9. The maximum absolute atomic E-state index is 13.8. The van der Waals surface area contributed by atoms with Crippen LogP contribution in [-0.4, -0.2) is 106 Å². The van der Waals surface area contributed by atoms with Gasteiger partial charge in [-0.05, 0) is 41.0 Å². The van der Waals surface area contributed by atoms with Crippen LogP contribution in [0.4, 0.5) is 9.59 Å². The van der Waals surface area contributed by atoms with Gasteiger partial charge in [-0.2, -0.15) is 10.2 Å². The molecule has 2 aromatic heterocycles. The van der Waals surface area contributed by atoms with Gasteiger partial charge >= 0.3 is 18.3 Å². The van der Waals surface area contributed by atoms with E-state index < -0.39 is 48.5 Å². The van der Waals surface area contributed by atoms with E-state index in [9.17, 15) is 14.4 Å². The van der Waals surface area contributed by atoms with Gasteiger partial charge in [-0.1, -0.05) is 54.6 Å². The minimum absolute atomic E-state index is 0.0177. The number of fused-ring (bicyclic) bond motifs is 2. The van der Waals surface area contributed by atoms with Crippen molar-refractivity contribution in [1.29, 1.82) is 0 Å². The van der Waals surface area contributed by atoms with Crippen LogP contribution in [0.5, 0.6) is 6.01 Å². The average Bonchev–Trinajstić information content (AvgIpc) is 3.96. The summed E-state index contributed by atoms with van der Waals surface area (Å²) < 4.78 is 45.3. The first-order valence-electron chi connectivity index (χ1n) is 16.8. The fourth-order valence-electron chi connectivity index (χ4n) is 6.34. The number of methoxy groups -OCH3 is 1. The van der Waals surface area contributed by atoms with Gasteiger partial charge in [0.05, 0.1) is 50.1 Å². The summed E-state index contributed by atoms with van der Waals surface area (Å²) in [5.41, 5.74) is 4.80. The minimum Gasteiger partial charge on any atom is -0.465 e. The molecule has 0 aliphatic carbocycles. The van der Waals surface area contributed by atoms with Crippen LogP contribution in [0.2, 0.25) is 0 Å². The summed E-state index contributed by atoms with van der Waals surface area (Å²) in [5, 5.41) is 14.4. The number of carbonyl (C=O) groups is 3. The second-order valence-corrected chi connectivity index (χ2v) is 12.6. The Hall–Kier alpha value is -6.07. The predicted octanol–water partition coefficient (Wildman–Crippen LogP) is 4.69. The highest BCUT2D eigenvalue weighted by Gasteiger charge is 2.52. The number of imidazole rings is 1. The van der Waals surface area contributed by atoms with Gasteiger partial charge in [-0.25, -0.2) is 14.4 Å². The molecule has 0 spiro atoms. The first-order valence-corrected chi connectivity index (χ1v) is 16.8. The summed E-state index contributed by atoms with van der Waals surface area (Å²) in [4.78, 5) is 42.8. The van der Waals surface area contributed by atoms with Crippen LogP contribution >= 0.6 is 0 Å². The summed E-state index contributed by atoms with van der Waals surface area (Å²) in [6, 6.07) is 21.1. The zero-order valence-electron chi connectivity index (χ0n) is 29.2. The smallest absolute Gasteiger partial charge is 0.465 e. The second-order valence-electron chi connectivity index (χ2n) is 12.6.